The second-order valence-electron chi connectivity index (χ2n) is 10.4. The van der Waals surface area contributed by atoms with Gasteiger partial charge in [0.2, 0.25) is 5.91 Å². The number of hydrogen-bond donors (Lipinski definition) is 0. The quantitative estimate of drug-likeness (QED) is 0.624. The molecule has 34 heavy (non-hydrogen) atoms. The number of amides is 1. The van der Waals surface area contributed by atoms with Gasteiger partial charge in [0.1, 0.15) is 0 Å². The van der Waals surface area contributed by atoms with Gasteiger partial charge in [0, 0.05) is 76.5 Å². The van der Waals surface area contributed by atoms with Crippen LogP contribution < -0.4 is 4.90 Å². The number of piperazine rings is 2. The minimum atomic E-state index is 0.194. The van der Waals surface area contributed by atoms with E-state index in [0.29, 0.717) is 12.1 Å². The molecule has 2 aliphatic rings. The topological polar surface area (TPSA) is 30.0 Å². The fourth-order valence-electron chi connectivity index (χ4n) is 5.58. The molecule has 2 fully saturated rings. The smallest absolute Gasteiger partial charge is 0.219 e. The van der Waals surface area contributed by atoms with Gasteiger partial charge in [0.25, 0.3) is 0 Å². The van der Waals surface area contributed by atoms with Crippen molar-refractivity contribution < 1.29 is 4.79 Å². The van der Waals surface area contributed by atoms with Crippen LogP contribution in [0.3, 0.4) is 0 Å². The summed E-state index contributed by atoms with van der Waals surface area (Å²) < 4.78 is 0. The molecule has 0 saturated carbocycles. The molecule has 0 aromatic heterocycles. The summed E-state index contributed by atoms with van der Waals surface area (Å²) in [5.74, 6) is 0.194. The van der Waals surface area contributed by atoms with Crippen molar-refractivity contribution >= 4 is 11.6 Å². The van der Waals surface area contributed by atoms with Gasteiger partial charge in [0.05, 0.1) is 0 Å². The molecule has 2 heterocycles. The Bertz CT molecular complexity index is 913. The van der Waals surface area contributed by atoms with Crippen molar-refractivity contribution in [2.24, 2.45) is 0 Å². The Morgan fingerprint density at radius 1 is 0.912 bits per heavy atom. The fraction of sp³-hybridized carbons (Fsp3) is 0.552. The number of nitrogens with zero attached hydrogens (tertiary/aromatic N) is 4. The first-order valence-corrected chi connectivity index (χ1v) is 13.0. The molecule has 0 radical (unpaired) electrons. The van der Waals surface area contributed by atoms with E-state index in [1.165, 1.54) is 16.8 Å². The molecule has 1 amide bonds. The van der Waals surface area contributed by atoms with Crippen LogP contribution in [0.25, 0.3) is 0 Å². The van der Waals surface area contributed by atoms with E-state index in [-0.39, 0.29) is 11.9 Å². The van der Waals surface area contributed by atoms with Gasteiger partial charge in [-0.1, -0.05) is 42.5 Å². The predicted molar refractivity (Wildman–Crippen MR) is 141 cm³/mol. The molecule has 2 aromatic carbocycles. The summed E-state index contributed by atoms with van der Waals surface area (Å²) in [6.45, 7) is 15.8. The average molecular weight is 463 g/mol. The lowest BCUT2D eigenvalue weighted by atomic mass is 10.0. The minimum Gasteiger partial charge on any atom is -0.366 e. The van der Waals surface area contributed by atoms with Crippen LogP contribution in [0, 0.1) is 0 Å². The van der Waals surface area contributed by atoms with Crippen molar-refractivity contribution in [1.29, 1.82) is 0 Å². The van der Waals surface area contributed by atoms with Crippen LogP contribution in [-0.4, -0.2) is 84.5 Å². The van der Waals surface area contributed by atoms with E-state index >= 15 is 0 Å². The van der Waals surface area contributed by atoms with Crippen LogP contribution >= 0.6 is 0 Å². The summed E-state index contributed by atoms with van der Waals surface area (Å²) in [5, 5.41) is 0. The molecule has 184 valence electrons. The monoisotopic (exact) mass is 462 g/mol. The SMILES string of the molecule is CC(=O)N1CCN(CCc2ccc(N3CCN(C(C)C)C[C@H]3C)cc2)C[C@H]1Cc1ccccc1. The van der Waals surface area contributed by atoms with Crippen molar-refractivity contribution in [2.75, 3.05) is 50.7 Å². The standard InChI is InChI=1S/C29H42N4O/c1-23(2)31-17-19-32(24(3)21-31)28-12-10-26(11-13-28)14-15-30-16-18-33(25(4)34)29(22-30)20-27-8-6-5-7-9-27/h5-13,23-24,29H,14-22H2,1-4H3/t24-,29-/m1/s1. The van der Waals surface area contributed by atoms with Crippen molar-refractivity contribution in [3.63, 3.8) is 0 Å². The van der Waals surface area contributed by atoms with E-state index in [0.717, 1.165) is 58.7 Å². The largest absolute Gasteiger partial charge is 0.366 e. The highest BCUT2D eigenvalue weighted by molar-refractivity contribution is 5.73. The first-order valence-electron chi connectivity index (χ1n) is 13.0. The molecule has 2 aromatic rings. The van der Waals surface area contributed by atoms with Gasteiger partial charge < -0.3 is 9.80 Å². The maximum Gasteiger partial charge on any atom is 0.219 e. The van der Waals surface area contributed by atoms with Crippen molar-refractivity contribution in [3.05, 3.63) is 65.7 Å². The normalized spacial score (nSPS) is 22.4. The van der Waals surface area contributed by atoms with E-state index in [1.807, 2.05) is 0 Å². The Labute approximate surface area is 206 Å². The minimum absolute atomic E-state index is 0.194. The Balaban J connectivity index is 1.31. The summed E-state index contributed by atoms with van der Waals surface area (Å²) in [6, 6.07) is 21.2. The summed E-state index contributed by atoms with van der Waals surface area (Å²) in [5.41, 5.74) is 4.04. The number of carbonyl (C=O) groups is 1. The molecular weight excluding hydrogens is 420 g/mol. The summed E-state index contributed by atoms with van der Waals surface area (Å²) >= 11 is 0. The third-order valence-electron chi connectivity index (χ3n) is 7.66. The molecule has 5 heteroatoms. The van der Waals surface area contributed by atoms with E-state index < -0.39 is 0 Å². The summed E-state index contributed by atoms with van der Waals surface area (Å²) in [4.78, 5) is 22.0. The van der Waals surface area contributed by atoms with Gasteiger partial charge in [-0.3, -0.25) is 14.6 Å². The zero-order valence-electron chi connectivity index (χ0n) is 21.5. The number of hydrogen-bond acceptors (Lipinski definition) is 4. The summed E-state index contributed by atoms with van der Waals surface area (Å²) in [6.07, 6.45) is 1.98. The summed E-state index contributed by atoms with van der Waals surface area (Å²) in [7, 11) is 0. The molecule has 0 unspecified atom stereocenters. The molecule has 2 atom stereocenters. The molecular formula is C29H42N4O. The molecule has 4 rings (SSSR count). The van der Waals surface area contributed by atoms with Gasteiger partial charge in [-0.05, 0) is 56.9 Å². The Kier molecular flexibility index (Phi) is 8.28. The van der Waals surface area contributed by atoms with E-state index in [2.05, 4.69) is 95.0 Å². The number of rotatable bonds is 7. The fourth-order valence-corrected chi connectivity index (χ4v) is 5.58. The highest BCUT2D eigenvalue weighted by atomic mass is 16.2. The van der Waals surface area contributed by atoms with Crippen molar-refractivity contribution in [1.82, 2.24) is 14.7 Å². The number of anilines is 1. The van der Waals surface area contributed by atoms with Gasteiger partial charge in [0.15, 0.2) is 0 Å². The van der Waals surface area contributed by atoms with Crippen molar-refractivity contribution in [2.45, 2.75) is 58.7 Å². The Hall–Kier alpha value is -2.37. The van der Waals surface area contributed by atoms with E-state index in [4.69, 9.17) is 0 Å². The second kappa shape index (κ2) is 11.4. The highest BCUT2D eigenvalue weighted by Crippen LogP contribution is 2.23. The van der Waals surface area contributed by atoms with Gasteiger partial charge >= 0.3 is 0 Å². The molecule has 0 N–H and O–H groups in total. The van der Waals surface area contributed by atoms with Crippen molar-refractivity contribution in [3.8, 4) is 0 Å². The molecule has 0 spiro atoms. The first kappa shape index (κ1) is 24.7. The van der Waals surface area contributed by atoms with Gasteiger partial charge in [-0.15, -0.1) is 0 Å². The zero-order chi connectivity index (χ0) is 24.1. The third kappa shape index (κ3) is 6.19. The molecule has 5 nitrogen and oxygen atoms in total. The zero-order valence-corrected chi connectivity index (χ0v) is 21.5. The number of benzene rings is 2. The van der Waals surface area contributed by atoms with Gasteiger partial charge in [-0.2, -0.15) is 0 Å². The maximum atomic E-state index is 12.2. The second-order valence-corrected chi connectivity index (χ2v) is 10.4. The molecule has 0 aliphatic carbocycles. The lowest BCUT2D eigenvalue weighted by molar-refractivity contribution is -0.133. The maximum absolute atomic E-state index is 12.2. The van der Waals surface area contributed by atoms with Crippen LogP contribution in [0.2, 0.25) is 0 Å². The third-order valence-corrected chi connectivity index (χ3v) is 7.66. The molecule has 0 bridgehead atoms. The first-order chi connectivity index (χ1) is 16.4. The van der Waals surface area contributed by atoms with Gasteiger partial charge in [-0.25, -0.2) is 0 Å². The van der Waals surface area contributed by atoms with Crippen LogP contribution in [0.15, 0.2) is 54.6 Å². The molecule has 2 saturated heterocycles. The Morgan fingerprint density at radius 3 is 2.29 bits per heavy atom. The average Bonchev–Trinajstić information content (AvgIpc) is 2.83. The predicted octanol–water partition coefficient (Wildman–Crippen LogP) is 3.92. The van der Waals surface area contributed by atoms with Crippen LogP contribution in [0.1, 0.15) is 38.8 Å². The van der Waals surface area contributed by atoms with E-state index in [9.17, 15) is 4.79 Å². The highest BCUT2D eigenvalue weighted by Gasteiger charge is 2.29. The Morgan fingerprint density at radius 2 is 1.65 bits per heavy atom. The molecule has 2 aliphatic heterocycles. The lowest BCUT2D eigenvalue weighted by Crippen LogP contribution is -2.55. The lowest BCUT2D eigenvalue weighted by Gasteiger charge is -2.43. The van der Waals surface area contributed by atoms with Crippen LogP contribution in [0.4, 0.5) is 5.69 Å². The number of carbonyl (C=O) groups excluding carboxylic acids is 1. The van der Waals surface area contributed by atoms with E-state index in [1.54, 1.807) is 6.92 Å². The van der Waals surface area contributed by atoms with Crippen LogP contribution in [-0.2, 0) is 17.6 Å². The van der Waals surface area contributed by atoms with Crippen LogP contribution in [0.5, 0.6) is 0 Å².